The first-order valence-corrected chi connectivity index (χ1v) is 10.7. The van der Waals surface area contributed by atoms with E-state index in [9.17, 15) is 18.8 Å². The van der Waals surface area contributed by atoms with Gasteiger partial charge in [0.05, 0.1) is 18.2 Å². The molecule has 0 saturated carbocycles. The SMILES string of the molecule is COC(=O)CCCCCCNC(=O)c1c(C)[nH]c(C=C2C(=O)Nc3ccc(F)cc32)c1C. The van der Waals surface area contributed by atoms with Gasteiger partial charge < -0.3 is 20.4 Å². The van der Waals surface area contributed by atoms with Gasteiger partial charge in [-0.3, -0.25) is 14.4 Å². The Morgan fingerprint density at radius 1 is 1.16 bits per heavy atom. The molecule has 0 saturated heterocycles. The van der Waals surface area contributed by atoms with E-state index in [4.69, 9.17) is 0 Å². The van der Waals surface area contributed by atoms with E-state index in [0.717, 1.165) is 31.2 Å². The van der Waals surface area contributed by atoms with E-state index < -0.39 is 5.82 Å². The minimum Gasteiger partial charge on any atom is -0.469 e. The molecule has 0 bridgehead atoms. The fourth-order valence-corrected chi connectivity index (χ4v) is 3.85. The van der Waals surface area contributed by atoms with Crippen LogP contribution in [0.4, 0.5) is 10.1 Å². The number of hydrogen-bond donors (Lipinski definition) is 3. The van der Waals surface area contributed by atoms with Crippen LogP contribution in [0.5, 0.6) is 0 Å². The molecule has 0 spiro atoms. The lowest BCUT2D eigenvalue weighted by Crippen LogP contribution is -2.25. The maximum absolute atomic E-state index is 13.7. The molecule has 2 heterocycles. The summed E-state index contributed by atoms with van der Waals surface area (Å²) >= 11 is 0. The Bertz CT molecular complexity index is 1070. The Kier molecular flexibility index (Phi) is 7.45. The van der Waals surface area contributed by atoms with Crippen LogP contribution in [-0.2, 0) is 14.3 Å². The summed E-state index contributed by atoms with van der Waals surface area (Å²) in [6.07, 6.45) is 5.46. The number of H-pyrrole nitrogens is 1. The summed E-state index contributed by atoms with van der Waals surface area (Å²) in [6.45, 7) is 4.16. The fourth-order valence-electron chi connectivity index (χ4n) is 3.85. The van der Waals surface area contributed by atoms with E-state index in [0.29, 0.717) is 46.7 Å². The van der Waals surface area contributed by atoms with Crippen molar-refractivity contribution in [1.29, 1.82) is 0 Å². The first-order valence-electron chi connectivity index (χ1n) is 10.7. The number of aromatic amines is 1. The molecule has 2 aromatic rings. The Morgan fingerprint density at radius 2 is 1.91 bits per heavy atom. The van der Waals surface area contributed by atoms with Gasteiger partial charge in [0.25, 0.3) is 11.8 Å². The molecule has 2 amide bonds. The van der Waals surface area contributed by atoms with Gasteiger partial charge in [-0.1, -0.05) is 12.8 Å². The van der Waals surface area contributed by atoms with Crippen molar-refractivity contribution in [2.24, 2.45) is 0 Å². The number of halogens is 1. The van der Waals surface area contributed by atoms with Crippen molar-refractivity contribution in [2.45, 2.75) is 46.0 Å². The first-order chi connectivity index (χ1) is 15.3. The largest absolute Gasteiger partial charge is 0.469 e. The number of carbonyl (C=O) groups is 3. The van der Waals surface area contributed by atoms with Gasteiger partial charge in [-0.05, 0) is 56.5 Å². The zero-order valence-electron chi connectivity index (χ0n) is 18.6. The lowest BCUT2D eigenvalue weighted by atomic mass is 10.0. The minimum absolute atomic E-state index is 0.183. The molecule has 3 N–H and O–H groups in total. The van der Waals surface area contributed by atoms with E-state index >= 15 is 0 Å². The molecule has 0 fully saturated rings. The van der Waals surface area contributed by atoms with Crippen LogP contribution in [0.25, 0.3) is 11.6 Å². The number of aryl methyl sites for hydroxylation is 1. The Labute approximate surface area is 186 Å². The number of aromatic nitrogens is 1. The number of fused-ring (bicyclic) bond motifs is 1. The average molecular weight is 442 g/mol. The van der Waals surface area contributed by atoms with Crippen molar-refractivity contribution in [2.75, 3.05) is 19.0 Å². The number of hydrogen-bond acceptors (Lipinski definition) is 4. The van der Waals surface area contributed by atoms with Gasteiger partial charge in [0.15, 0.2) is 0 Å². The van der Waals surface area contributed by atoms with Crippen LogP contribution >= 0.6 is 0 Å². The normalized spacial score (nSPS) is 13.8. The van der Waals surface area contributed by atoms with Crippen LogP contribution < -0.4 is 10.6 Å². The molecule has 32 heavy (non-hydrogen) atoms. The number of amides is 2. The standard InChI is InChI=1S/C24H28FN3O4/c1-14-20(13-18-17-12-16(25)9-10-19(17)28-23(18)30)27-15(2)22(14)24(31)26-11-7-5-4-6-8-21(29)32-3/h9-10,12-13,27H,4-8,11H2,1-3H3,(H,26,31)(H,28,30). The zero-order chi connectivity index (χ0) is 23.3. The van der Waals surface area contributed by atoms with Gasteiger partial charge in [0.1, 0.15) is 5.82 Å². The van der Waals surface area contributed by atoms with Crippen molar-refractivity contribution >= 4 is 35.1 Å². The summed E-state index contributed by atoms with van der Waals surface area (Å²) in [5, 5.41) is 5.65. The van der Waals surface area contributed by atoms with Gasteiger partial charge in [0.2, 0.25) is 0 Å². The third-order valence-electron chi connectivity index (χ3n) is 5.58. The van der Waals surface area contributed by atoms with E-state index in [-0.39, 0.29) is 17.8 Å². The average Bonchev–Trinajstić information content (AvgIpc) is 3.22. The molecular weight excluding hydrogens is 413 g/mol. The summed E-state index contributed by atoms with van der Waals surface area (Å²) < 4.78 is 18.3. The lowest BCUT2D eigenvalue weighted by Gasteiger charge is -2.06. The van der Waals surface area contributed by atoms with Gasteiger partial charge >= 0.3 is 5.97 Å². The van der Waals surface area contributed by atoms with Crippen molar-refractivity contribution < 1.29 is 23.5 Å². The maximum atomic E-state index is 13.7. The molecule has 1 aromatic carbocycles. The van der Waals surface area contributed by atoms with Gasteiger partial charge in [0, 0.05) is 35.6 Å². The summed E-state index contributed by atoms with van der Waals surface area (Å²) in [6, 6.07) is 4.15. The summed E-state index contributed by atoms with van der Waals surface area (Å²) in [5.74, 6) is -1.12. The molecule has 1 aliphatic rings. The van der Waals surface area contributed by atoms with Crippen molar-refractivity contribution in [3.8, 4) is 0 Å². The lowest BCUT2D eigenvalue weighted by molar-refractivity contribution is -0.140. The van der Waals surface area contributed by atoms with Crippen LogP contribution in [0.3, 0.4) is 0 Å². The van der Waals surface area contributed by atoms with E-state index in [1.54, 1.807) is 13.0 Å². The highest BCUT2D eigenvalue weighted by atomic mass is 19.1. The topological polar surface area (TPSA) is 100 Å². The first kappa shape index (κ1) is 23.2. The van der Waals surface area contributed by atoms with Gasteiger partial charge in [-0.15, -0.1) is 0 Å². The quantitative estimate of drug-likeness (QED) is 0.310. The van der Waals surface area contributed by atoms with Crippen molar-refractivity contribution in [3.05, 3.63) is 52.1 Å². The van der Waals surface area contributed by atoms with E-state index in [1.165, 1.54) is 25.3 Å². The number of benzene rings is 1. The zero-order valence-corrected chi connectivity index (χ0v) is 18.6. The number of anilines is 1. The molecule has 0 unspecified atom stereocenters. The number of methoxy groups -OCH3 is 1. The Hall–Kier alpha value is -3.42. The van der Waals surface area contributed by atoms with E-state index in [1.807, 2.05) is 6.92 Å². The minimum atomic E-state index is -0.420. The van der Waals surface area contributed by atoms with Crippen molar-refractivity contribution in [3.63, 3.8) is 0 Å². The number of unbranched alkanes of at least 4 members (excludes halogenated alkanes) is 3. The second-order valence-corrected chi connectivity index (χ2v) is 7.86. The number of nitrogens with one attached hydrogen (secondary N) is 3. The highest BCUT2D eigenvalue weighted by Crippen LogP contribution is 2.34. The molecule has 1 aliphatic heterocycles. The second-order valence-electron chi connectivity index (χ2n) is 7.86. The molecule has 170 valence electrons. The van der Waals surface area contributed by atoms with Crippen LogP contribution in [0.15, 0.2) is 18.2 Å². The Balaban J connectivity index is 1.62. The predicted octanol–water partition coefficient (Wildman–Crippen LogP) is 4.12. The molecule has 8 heteroatoms. The summed E-state index contributed by atoms with van der Waals surface area (Å²) in [5.41, 5.74) is 4.01. The van der Waals surface area contributed by atoms with Gasteiger partial charge in [-0.2, -0.15) is 0 Å². The van der Waals surface area contributed by atoms with Crippen LogP contribution in [-0.4, -0.2) is 36.4 Å². The molecule has 0 radical (unpaired) electrons. The second kappa shape index (κ2) is 10.3. The van der Waals surface area contributed by atoms with Crippen molar-refractivity contribution in [1.82, 2.24) is 10.3 Å². The van der Waals surface area contributed by atoms with Gasteiger partial charge in [-0.25, -0.2) is 4.39 Å². The molecule has 7 nitrogen and oxygen atoms in total. The molecule has 3 rings (SSSR count). The molecule has 1 aromatic heterocycles. The third kappa shape index (κ3) is 5.25. The van der Waals surface area contributed by atoms with E-state index in [2.05, 4.69) is 20.4 Å². The highest BCUT2D eigenvalue weighted by Gasteiger charge is 2.26. The monoisotopic (exact) mass is 441 g/mol. The molecule has 0 aliphatic carbocycles. The summed E-state index contributed by atoms with van der Waals surface area (Å²) in [4.78, 5) is 39.3. The van der Waals surface area contributed by atoms with Crippen LogP contribution in [0, 0.1) is 19.7 Å². The molecular formula is C24H28FN3O4. The predicted molar refractivity (Wildman–Crippen MR) is 121 cm³/mol. The third-order valence-corrected chi connectivity index (χ3v) is 5.58. The maximum Gasteiger partial charge on any atom is 0.305 e. The highest BCUT2D eigenvalue weighted by molar-refractivity contribution is 6.34. The number of carbonyl (C=O) groups excluding carboxylic acids is 3. The molecule has 0 atom stereocenters. The number of esters is 1. The van der Waals surface area contributed by atoms with Crippen LogP contribution in [0.1, 0.15) is 65.0 Å². The fraction of sp³-hybridized carbons (Fsp3) is 0.375. The number of ether oxygens (including phenoxy) is 1. The van der Waals surface area contributed by atoms with Crippen LogP contribution in [0.2, 0.25) is 0 Å². The summed E-state index contributed by atoms with van der Waals surface area (Å²) in [7, 11) is 1.38. The Morgan fingerprint density at radius 3 is 2.66 bits per heavy atom. The number of rotatable bonds is 9. The smallest absolute Gasteiger partial charge is 0.305 e.